The fraction of sp³-hybridized carbons (Fsp3) is 0. The van der Waals surface area contributed by atoms with Crippen molar-refractivity contribution in [1.82, 2.24) is 4.98 Å². The van der Waals surface area contributed by atoms with Crippen LogP contribution in [0.5, 0.6) is 5.75 Å². The molecule has 0 spiro atoms. The van der Waals surface area contributed by atoms with E-state index in [4.69, 9.17) is 5.26 Å². The predicted molar refractivity (Wildman–Crippen MR) is 97.6 cm³/mol. The second-order valence-electron chi connectivity index (χ2n) is 5.23. The molecule has 6 heteroatoms. The number of aromatic hydroxyl groups is 1. The molecular formula is C18H10N2O2S2. The highest BCUT2D eigenvalue weighted by Crippen LogP contribution is 2.39. The summed E-state index contributed by atoms with van der Waals surface area (Å²) in [4.78, 5) is 15.0. The summed E-state index contributed by atoms with van der Waals surface area (Å²) >= 11 is 2.98. The van der Waals surface area contributed by atoms with Crippen molar-refractivity contribution in [3.05, 3.63) is 62.4 Å². The van der Waals surface area contributed by atoms with Gasteiger partial charge < -0.3 is 10.1 Å². The van der Waals surface area contributed by atoms with Crippen LogP contribution in [0.3, 0.4) is 0 Å². The molecule has 0 saturated carbocycles. The molecule has 0 aliphatic heterocycles. The Bertz CT molecular complexity index is 1130. The Labute approximate surface area is 144 Å². The fourth-order valence-corrected chi connectivity index (χ4v) is 4.30. The molecule has 0 radical (unpaired) electrons. The van der Waals surface area contributed by atoms with Crippen LogP contribution in [0.1, 0.15) is 5.56 Å². The van der Waals surface area contributed by atoms with Crippen molar-refractivity contribution in [3.63, 3.8) is 0 Å². The van der Waals surface area contributed by atoms with Gasteiger partial charge in [0.2, 0.25) is 0 Å². The fourth-order valence-electron chi connectivity index (χ4n) is 2.67. The van der Waals surface area contributed by atoms with Gasteiger partial charge in [-0.25, -0.2) is 0 Å². The molecule has 0 unspecified atom stereocenters. The summed E-state index contributed by atoms with van der Waals surface area (Å²) in [5.41, 5.74) is 3.19. The molecule has 0 saturated heterocycles. The van der Waals surface area contributed by atoms with Crippen molar-refractivity contribution in [1.29, 1.82) is 5.26 Å². The number of rotatable bonds is 2. The van der Waals surface area contributed by atoms with E-state index >= 15 is 0 Å². The molecule has 0 aliphatic carbocycles. The van der Waals surface area contributed by atoms with Crippen LogP contribution in [-0.4, -0.2) is 10.1 Å². The van der Waals surface area contributed by atoms with Crippen molar-refractivity contribution in [3.8, 4) is 34.1 Å². The monoisotopic (exact) mass is 350 g/mol. The molecular weight excluding hydrogens is 340 g/mol. The number of benzene rings is 1. The Hall–Kier alpha value is -2.88. The lowest BCUT2D eigenvalue weighted by atomic mass is 10.0. The van der Waals surface area contributed by atoms with Crippen molar-refractivity contribution in [2.75, 3.05) is 0 Å². The molecule has 4 rings (SSSR count). The molecule has 0 bridgehead atoms. The van der Waals surface area contributed by atoms with Crippen LogP contribution in [-0.2, 0) is 0 Å². The molecule has 1 aromatic carbocycles. The Balaban J connectivity index is 1.88. The summed E-state index contributed by atoms with van der Waals surface area (Å²) in [6.45, 7) is 0. The maximum atomic E-state index is 11.8. The van der Waals surface area contributed by atoms with E-state index in [1.807, 2.05) is 35.0 Å². The van der Waals surface area contributed by atoms with Crippen LogP contribution >= 0.6 is 22.7 Å². The zero-order valence-electron chi connectivity index (χ0n) is 12.2. The smallest absolute Gasteiger partial charge is 0.270 e. The van der Waals surface area contributed by atoms with E-state index < -0.39 is 5.56 Å². The normalized spacial score (nSPS) is 10.8. The molecule has 0 aliphatic rings. The second-order valence-corrected chi connectivity index (χ2v) is 6.89. The number of aromatic amines is 1. The van der Waals surface area contributed by atoms with Gasteiger partial charge in [0, 0.05) is 10.9 Å². The molecule has 0 atom stereocenters. The van der Waals surface area contributed by atoms with Gasteiger partial charge in [0.25, 0.3) is 5.56 Å². The Kier molecular flexibility index (Phi) is 3.45. The summed E-state index contributed by atoms with van der Waals surface area (Å²) in [6, 6.07) is 11.8. The van der Waals surface area contributed by atoms with Crippen LogP contribution in [0.2, 0.25) is 0 Å². The third kappa shape index (κ3) is 2.22. The lowest BCUT2D eigenvalue weighted by molar-refractivity contribution is 0.479. The van der Waals surface area contributed by atoms with Crippen LogP contribution in [0, 0.1) is 11.3 Å². The Morgan fingerprint density at radius 3 is 2.46 bits per heavy atom. The van der Waals surface area contributed by atoms with Crippen LogP contribution in [0.4, 0.5) is 0 Å². The van der Waals surface area contributed by atoms with Crippen LogP contribution < -0.4 is 5.56 Å². The minimum atomic E-state index is -0.566. The van der Waals surface area contributed by atoms with Gasteiger partial charge in [0.05, 0.1) is 5.39 Å². The number of hydrogen-bond acceptors (Lipinski definition) is 5. The third-order valence-corrected chi connectivity index (χ3v) is 5.46. The Morgan fingerprint density at radius 2 is 1.79 bits per heavy atom. The number of thiophene rings is 2. The van der Waals surface area contributed by atoms with Crippen molar-refractivity contribution >= 4 is 32.9 Å². The number of nitrogens with zero attached hydrogens (tertiary/aromatic N) is 1. The van der Waals surface area contributed by atoms with Crippen molar-refractivity contribution in [2.45, 2.75) is 0 Å². The van der Waals surface area contributed by atoms with E-state index in [2.05, 4.69) is 16.4 Å². The highest BCUT2D eigenvalue weighted by Gasteiger charge is 2.17. The van der Waals surface area contributed by atoms with Gasteiger partial charge in [-0.05, 0) is 33.5 Å². The Morgan fingerprint density at radius 1 is 1.04 bits per heavy atom. The van der Waals surface area contributed by atoms with Crippen LogP contribution in [0.25, 0.3) is 32.5 Å². The van der Waals surface area contributed by atoms with Gasteiger partial charge in [0.1, 0.15) is 16.6 Å². The summed E-state index contributed by atoms with van der Waals surface area (Å²) in [7, 11) is 0. The van der Waals surface area contributed by atoms with Gasteiger partial charge in [0.15, 0.2) is 5.56 Å². The van der Waals surface area contributed by atoms with E-state index in [1.54, 1.807) is 17.4 Å². The topological polar surface area (TPSA) is 76.9 Å². The summed E-state index contributed by atoms with van der Waals surface area (Å²) in [5.74, 6) is -0.255. The van der Waals surface area contributed by atoms with Crippen LogP contribution in [0.15, 0.2) is 51.3 Å². The predicted octanol–water partition coefficient (Wildman–Crippen LogP) is 4.56. The average molecular weight is 350 g/mol. The average Bonchev–Trinajstić information content (AvgIpc) is 3.25. The maximum Gasteiger partial charge on any atom is 0.270 e. The summed E-state index contributed by atoms with van der Waals surface area (Å²) in [5, 5.41) is 25.9. The first-order chi connectivity index (χ1) is 11.7. The third-order valence-electron chi connectivity index (χ3n) is 3.88. The number of nitriles is 1. The van der Waals surface area contributed by atoms with E-state index in [9.17, 15) is 9.90 Å². The largest absolute Gasteiger partial charge is 0.506 e. The van der Waals surface area contributed by atoms with E-state index in [1.165, 1.54) is 16.9 Å². The highest BCUT2D eigenvalue weighted by molar-refractivity contribution is 7.17. The molecule has 0 amide bonds. The molecule has 116 valence electrons. The number of fused-ring (bicyclic) bond motifs is 1. The zero-order chi connectivity index (χ0) is 16.7. The standard InChI is InChI=1S/C18H10N2O2S2/c19-7-13-16(21)15-14(9-24-18(15)20-17(13)22)11-3-1-10(2-4-11)12-5-6-23-8-12/h1-6,8-9H,(H2,20,21,22). The minimum absolute atomic E-state index is 0.253. The van der Waals surface area contributed by atoms with Crippen molar-refractivity contribution < 1.29 is 5.11 Å². The zero-order valence-corrected chi connectivity index (χ0v) is 13.9. The molecule has 4 aromatic rings. The first-order valence-corrected chi connectivity index (χ1v) is 8.91. The highest BCUT2D eigenvalue weighted by atomic mass is 32.1. The SMILES string of the molecule is N#Cc1c(O)c2c(-c3ccc(-c4ccsc4)cc3)csc2[nH]c1=O. The lowest BCUT2D eigenvalue weighted by Gasteiger charge is -2.04. The molecule has 24 heavy (non-hydrogen) atoms. The molecule has 0 fully saturated rings. The molecule has 2 N–H and O–H groups in total. The van der Waals surface area contributed by atoms with Gasteiger partial charge in [-0.2, -0.15) is 16.6 Å². The number of hydrogen-bond donors (Lipinski definition) is 2. The van der Waals surface area contributed by atoms with E-state index in [-0.39, 0.29) is 11.3 Å². The lowest BCUT2D eigenvalue weighted by Crippen LogP contribution is -2.09. The first kappa shape index (κ1) is 14.7. The number of nitrogens with one attached hydrogen (secondary N) is 1. The van der Waals surface area contributed by atoms with Gasteiger partial charge in [-0.15, -0.1) is 11.3 Å². The second kappa shape index (κ2) is 5.64. The van der Waals surface area contributed by atoms with Gasteiger partial charge in [-0.1, -0.05) is 24.3 Å². The summed E-state index contributed by atoms with van der Waals surface area (Å²) in [6.07, 6.45) is 0. The molecule has 3 heterocycles. The van der Waals surface area contributed by atoms with Crippen molar-refractivity contribution in [2.24, 2.45) is 0 Å². The minimum Gasteiger partial charge on any atom is -0.506 e. The molecule has 4 nitrogen and oxygen atoms in total. The van der Waals surface area contributed by atoms with E-state index in [0.717, 1.165) is 16.7 Å². The van der Waals surface area contributed by atoms with Gasteiger partial charge in [-0.3, -0.25) is 4.79 Å². The van der Waals surface area contributed by atoms with Gasteiger partial charge >= 0.3 is 0 Å². The summed E-state index contributed by atoms with van der Waals surface area (Å²) < 4.78 is 0. The number of H-pyrrole nitrogens is 1. The van der Waals surface area contributed by atoms with E-state index in [0.29, 0.717) is 10.2 Å². The number of aromatic nitrogens is 1. The number of pyridine rings is 1. The quantitative estimate of drug-likeness (QED) is 0.556. The molecule has 3 aromatic heterocycles. The maximum absolute atomic E-state index is 11.8. The first-order valence-electron chi connectivity index (χ1n) is 7.08.